The van der Waals surface area contributed by atoms with Crippen LogP contribution in [0.15, 0.2) is 54.7 Å². The summed E-state index contributed by atoms with van der Waals surface area (Å²) in [7, 11) is 0. The van der Waals surface area contributed by atoms with E-state index in [4.69, 9.17) is 11.6 Å². The van der Waals surface area contributed by atoms with Crippen molar-refractivity contribution in [1.29, 1.82) is 0 Å². The van der Waals surface area contributed by atoms with E-state index in [1.54, 1.807) is 0 Å². The van der Waals surface area contributed by atoms with Crippen LogP contribution in [0.3, 0.4) is 0 Å². The van der Waals surface area contributed by atoms with Gasteiger partial charge in [-0.1, -0.05) is 35.9 Å². The summed E-state index contributed by atoms with van der Waals surface area (Å²) in [6.07, 6.45) is 1.97. The Kier molecular flexibility index (Phi) is 3.77. The molecule has 1 heterocycles. The molecule has 2 N–H and O–H groups in total. The fourth-order valence-corrected chi connectivity index (χ4v) is 2.57. The lowest BCUT2D eigenvalue weighted by Gasteiger charge is -2.14. The molecule has 0 fully saturated rings. The number of nitrogens with one attached hydrogen (secondary N) is 2. The molecular formula is C17H17ClN2. The van der Waals surface area contributed by atoms with Gasteiger partial charge in [-0.15, -0.1) is 0 Å². The second kappa shape index (κ2) is 5.70. The Morgan fingerprint density at radius 1 is 1.15 bits per heavy atom. The molecule has 0 aliphatic rings. The Labute approximate surface area is 123 Å². The minimum absolute atomic E-state index is 0.271. The van der Waals surface area contributed by atoms with E-state index < -0.39 is 0 Å². The third kappa shape index (κ3) is 2.87. The number of H-pyrrole nitrogens is 1. The number of hydrogen-bond donors (Lipinski definition) is 2. The summed E-state index contributed by atoms with van der Waals surface area (Å²) in [4.78, 5) is 3.24. The molecular weight excluding hydrogens is 268 g/mol. The van der Waals surface area contributed by atoms with Crippen LogP contribution in [0.5, 0.6) is 0 Å². The van der Waals surface area contributed by atoms with Crippen LogP contribution in [-0.4, -0.2) is 4.98 Å². The molecule has 3 aromatic rings. The monoisotopic (exact) mass is 284 g/mol. The Hall–Kier alpha value is -1.77. The zero-order chi connectivity index (χ0) is 13.9. The third-order valence-corrected chi connectivity index (χ3v) is 3.82. The maximum Gasteiger partial charge on any atom is 0.0457 e. The highest BCUT2D eigenvalue weighted by Gasteiger charge is 2.05. The smallest absolute Gasteiger partial charge is 0.0457 e. The van der Waals surface area contributed by atoms with Crippen molar-refractivity contribution in [3.63, 3.8) is 0 Å². The molecule has 20 heavy (non-hydrogen) atoms. The van der Waals surface area contributed by atoms with E-state index in [0.717, 1.165) is 11.6 Å². The van der Waals surface area contributed by atoms with E-state index in [-0.39, 0.29) is 6.04 Å². The minimum Gasteiger partial charge on any atom is -0.361 e. The van der Waals surface area contributed by atoms with Crippen LogP contribution in [0.25, 0.3) is 10.9 Å². The lowest BCUT2D eigenvalue weighted by Crippen LogP contribution is -2.17. The van der Waals surface area contributed by atoms with Gasteiger partial charge in [0.05, 0.1) is 0 Å². The second-order valence-electron chi connectivity index (χ2n) is 5.06. The van der Waals surface area contributed by atoms with Gasteiger partial charge in [0, 0.05) is 29.3 Å². The molecule has 0 radical (unpaired) electrons. The zero-order valence-electron chi connectivity index (χ0n) is 11.4. The van der Waals surface area contributed by atoms with Crippen LogP contribution in [-0.2, 0) is 6.54 Å². The van der Waals surface area contributed by atoms with Gasteiger partial charge in [-0.3, -0.25) is 0 Å². The molecule has 2 aromatic carbocycles. The molecule has 0 bridgehead atoms. The van der Waals surface area contributed by atoms with E-state index in [1.807, 2.05) is 24.4 Å². The van der Waals surface area contributed by atoms with Crippen molar-refractivity contribution in [2.75, 3.05) is 0 Å². The van der Waals surface area contributed by atoms with Crippen molar-refractivity contribution in [2.45, 2.75) is 19.5 Å². The third-order valence-electron chi connectivity index (χ3n) is 3.58. The van der Waals surface area contributed by atoms with Gasteiger partial charge in [-0.25, -0.2) is 0 Å². The molecule has 0 saturated heterocycles. The molecule has 0 spiro atoms. The summed E-state index contributed by atoms with van der Waals surface area (Å²) >= 11 is 6.03. The first-order valence-corrected chi connectivity index (χ1v) is 7.15. The molecule has 102 valence electrons. The van der Waals surface area contributed by atoms with Crippen LogP contribution in [0, 0.1) is 0 Å². The maximum absolute atomic E-state index is 6.03. The average molecular weight is 285 g/mol. The highest BCUT2D eigenvalue weighted by Crippen LogP contribution is 2.19. The molecule has 0 amide bonds. The van der Waals surface area contributed by atoms with Gasteiger partial charge in [0.15, 0.2) is 0 Å². The van der Waals surface area contributed by atoms with Crippen LogP contribution in [0.4, 0.5) is 0 Å². The Bertz CT molecular complexity index is 718. The van der Waals surface area contributed by atoms with Gasteiger partial charge < -0.3 is 10.3 Å². The lowest BCUT2D eigenvalue weighted by molar-refractivity contribution is 0.575. The van der Waals surface area contributed by atoms with Crippen molar-refractivity contribution in [3.05, 3.63) is 70.9 Å². The Morgan fingerprint density at radius 3 is 2.90 bits per heavy atom. The van der Waals surface area contributed by atoms with E-state index in [1.165, 1.54) is 22.0 Å². The van der Waals surface area contributed by atoms with Crippen molar-refractivity contribution in [2.24, 2.45) is 0 Å². The van der Waals surface area contributed by atoms with Crippen LogP contribution in [0.2, 0.25) is 5.02 Å². The van der Waals surface area contributed by atoms with Crippen LogP contribution >= 0.6 is 11.6 Å². The molecule has 1 aromatic heterocycles. The number of aromatic amines is 1. The van der Waals surface area contributed by atoms with E-state index in [2.05, 4.69) is 47.6 Å². The van der Waals surface area contributed by atoms with Gasteiger partial charge in [-0.05, 0) is 47.7 Å². The molecule has 1 atom stereocenters. The van der Waals surface area contributed by atoms with Gasteiger partial charge >= 0.3 is 0 Å². The summed E-state index contributed by atoms with van der Waals surface area (Å²) in [6.45, 7) is 2.99. The van der Waals surface area contributed by atoms with E-state index >= 15 is 0 Å². The summed E-state index contributed by atoms with van der Waals surface area (Å²) in [5, 5.41) is 5.56. The normalized spacial score (nSPS) is 12.7. The van der Waals surface area contributed by atoms with E-state index in [0.29, 0.717) is 0 Å². The molecule has 2 nitrogen and oxygen atoms in total. The number of aromatic nitrogens is 1. The highest BCUT2D eigenvalue weighted by atomic mass is 35.5. The standard InChI is InChI=1S/C17H17ClN2/c1-12(15-3-2-4-16(18)10-15)20-11-13-5-6-14-7-8-19-17(14)9-13/h2-10,12,19-20H,11H2,1H3/t12-/m1/s1. The summed E-state index contributed by atoms with van der Waals surface area (Å²) in [5.74, 6) is 0. The predicted octanol–water partition coefficient (Wildman–Crippen LogP) is 4.67. The van der Waals surface area contributed by atoms with Crippen molar-refractivity contribution < 1.29 is 0 Å². The first-order valence-electron chi connectivity index (χ1n) is 6.77. The van der Waals surface area contributed by atoms with Gasteiger partial charge in [0.2, 0.25) is 0 Å². The second-order valence-corrected chi connectivity index (χ2v) is 5.49. The van der Waals surface area contributed by atoms with Gasteiger partial charge in [0.1, 0.15) is 0 Å². The molecule has 0 aliphatic heterocycles. The molecule has 3 rings (SSSR count). The van der Waals surface area contributed by atoms with Gasteiger partial charge in [0.25, 0.3) is 0 Å². The van der Waals surface area contributed by atoms with Crippen LogP contribution < -0.4 is 5.32 Å². The number of hydrogen-bond acceptors (Lipinski definition) is 1. The first kappa shape index (κ1) is 13.2. The SMILES string of the molecule is C[C@@H](NCc1ccc2cc[nH]c2c1)c1cccc(Cl)c1. The zero-order valence-corrected chi connectivity index (χ0v) is 12.1. The topological polar surface area (TPSA) is 27.8 Å². The molecule has 3 heteroatoms. The average Bonchev–Trinajstić information content (AvgIpc) is 2.92. The summed E-state index contributed by atoms with van der Waals surface area (Å²) in [5.41, 5.74) is 3.66. The fraction of sp³-hybridized carbons (Fsp3) is 0.176. The number of halogens is 1. The van der Waals surface area contributed by atoms with Gasteiger partial charge in [-0.2, -0.15) is 0 Å². The van der Waals surface area contributed by atoms with Crippen molar-refractivity contribution in [1.82, 2.24) is 10.3 Å². The fourth-order valence-electron chi connectivity index (χ4n) is 2.37. The van der Waals surface area contributed by atoms with E-state index in [9.17, 15) is 0 Å². The minimum atomic E-state index is 0.271. The summed E-state index contributed by atoms with van der Waals surface area (Å²) in [6, 6.07) is 16.8. The van der Waals surface area contributed by atoms with Crippen molar-refractivity contribution >= 4 is 22.5 Å². The molecule has 0 aliphatic carbocycles. The van der Waals surface area contributed by atoms with Crippen LogP contribution in [0.1, 0.15) is 24.1 Å². The highest BCUT2D eigenvalue weighted by molar-refractivity contribution is 6.30. The Morgan fingerprint density at radius 2 is 2.05 bits per heavy atom. The molecule has 0 saturated carbocycles. The maximum atomic E-state index is 6.03. The number of fused-ring (bicyclic) bond motifs is 1. The lowest BCUT2D eigenvalue weighted by atomic mass is 10.1. The number of benzene rings is 2. The largest absolute Gasteiger partial charge is 0.361 e. The first-order chi connectivity index (χ1) is 9.72. The Balaban J connectivity index is 1.69. The predicted molar refractivity (Wildman–Crippen MR) is 85.0 cm³/mol. The number of rotatable bonds is 4. The summed E-state index contributed by atoms with van der Waals surface area (Å²) < 4.78 is 0. The van der Waals surface area contributed by atoms with Crippen molar-refractivity contribution in [3.8, 4) is 0 Å². The quantitative estimate of drug-likeness (QED) is 0.716. The molecule has 0 unspecified atom stereocenters.